The number of nitrogens with one attached hydrogen (secondary N) is 1. The Morgan fingerprint density at radius 3 is 2.72 bits per heavy atom. The molecule has 0 spiro atoms. The van der Waals surface area contributed by atoms with E-state index in [2.05, 4.69) is 9.71 Å². The van der Waals surface area contributed by atoms with E-state index >= 15 is 0 Å². The van der Waals surface area contributed by atoms with Gasteiger partial charge in [-0.3, -0.25) is 4.79 Å². The summed E-state index contributed by atoms with van der Waals surface area (Å²) in [5.41, 5.74) is 1.41. The Bertz CT molecular complexity index is 1050. The van der Waals surface area contributed by atoms with Gasteiger partial charge in [0.25, 0.3) is 10.0 Å². The van der Waals surface area contributed by atoms with Gasteiger partial charge in [-0.05, 0) is 43.2 Å². The van der Waals surface area contributed by atoms with Crippen LogP contribution in [0.3, 0.4) is 0 Å². The van der Waals surface area contributed by atoms with Gasteiger partial charge in [0.1, 0.15) is 10.7 Å². The number of unbranched alkanes of at least 4 members (excludes halogenated alkanes) is 1. The number of rotatable bonds is 6. The number of fused-ring (bicyclic) bond motifs is 1. The Morgan fingerprint density at radius 1 is 1.24 bits per heavy atom. The van der Waals surface area contributed by atoms with Gasteiger partial charge in [-0.25, -0.2) is 4.39 Å². The number of sulfonamides is 1. The Hall–Kier alpha value is -2.39. The lowest BCUT2D eigenvalue weighted by Crippen LogP contribution is -2.35. The summed E-state index contributed by atoms with van der Waals surface area (Å²) in [6.45, 7) is 4.28. The van der Waals surface area contributed by atoms with Gasteiger partial charge in [0.05, 0.1) is 11.4 Å². The lowest BCUT2D eigenvalue weighted by Gasteiger charge is -2.30. The fraction of sp³-hybridized carbons (Fsp3) is 0.300. The van der Waals surface area contributed by atoms with Gasteiger partial charge >= 0.3 is 0 Å². The number of carbonyl (C=O) groups is 1. The highest BCUT2D eigenvalue weighted by Crippen LogP contribution is 2.34. The Labute approximate surface area is 174 Å². The normalized spacial score (nSPS) is 14.9. The van der Waals surface area contributed by atoms with E-state index in [1.54, 1.807) is 37.3 Å². The molecule has 154 valence electrons. The van der Waals surface area contributed by atoms with Crippen molar-refractivity contribution in [2.24, 2.45) is 4.40 Å². The maximum Gasteiger partial charge on any atom is 0.286 e. The number of hydrogen-bond donors (Lipinski definition) is 1. The second-order valence-corrected chi connectivity index (χ2v) is 9.14. The molecule has 3 rings (SSSR count). The van der Waals surface area contributed by atoms with Crippen LogP contribution in [0.2, 0.25) is 0 Å². The second-order valence-electron chi connectivity index (χ2n) is 6.62. The monoisotopic (exact) mass is 435 g/mol. The van der Waals surface area contributed by atoms with Crippen molar-refractivity contribution >= 4 is 44.2 Å². The summed E-state index contributed by atoms with van der Waals surface area (Å²) in [5.74, 6) is -0.817. The standard InChI is InChI=1S/C20H22FN3O3S2/c1-3-4-11-24-17-7-5-6-8-18(17)29(26,27)23-20(24)28-13-19(25)22-15-10-9-14(2)16(21)12-15/h5-10,12H,3-4,11,13H2,1-2H3,(H,22,25). The summed E-state index contributed by atoms with van der Waals surface area (Å²) in [4.78, 5) is 14.3. The summed E-state index contributed by atoms with van der Waals surface area (Å²) in [7, 11) is -3.82. The minimum absolute atomic E-state index is 0.0470. The third-order valence-electron chi connectivity index (χ3n) is 4.39. The fourth-order valence-corrected chi connectivity index (χ4v) is 5.12. The van der Waals surface area contributed by atoms with Crippen molar-refractivity contribution in [1.29, 1.82) is 0 Å². The molecule has 0 unspecified atom stereocenters. The van der Waals surface area contributed by atoms with Gasteiger partial charge in [0.15, 0.2) is 5.17 Å². The number of amides is 1. The van der Waals surface area contributed by atoms with Crippen molar-refractivity contribution in [2.45, 2.75) is 31.6 Å². The summed E-state index contributed by atoms with van der Waals surface area (Å²) in [6, 6.07) is 11.2. The summed E-state index contributed by atoms with van der Waals surface area (Å²) >= 11 is 1.05. The molecule has 1 aliphatic rings. The van der Waals surface area contributed by atoms with Crippen LogP contribution in [0.15, 0.2) is 51.8 Å². The second kappa shape index (κ2) is 8.96. The van der Waals surface area contributed by atoms with E-state index in [9.17, 15) is 17.6 Å². The quantitative estimate of drug-likeness (QED) is 0.737. The molecule has 0 fully saturated rings. The molecule has 0 atom stereocenters. The van der Waals surface area contributed by atoms with Crippen molar-refractivity contribution in [3.8, 4) is 0 Å². The molecule has 1 N–H and O–H groups in total. The maximum atomic E-state index is 13.7. The number of aryl methyl sites for hydroxylation is 1. The molecule has 29 heavy (non-hydrogen) atoms. The predicted octanol–water partition coefficient (Wildman–Crippen LogP) is 4.17. The first-order valence-corrected chi connectivity index (χ1v) is 11.6. The van der Waals surface area contributed by atoms with Crippen LogP contribution in [0.25, 0.3) is 0 Å². The average molecular weight is 436 g/mol. The van der Waals surface area contributed by atoms with Crippen molar-refractivity contribution in [3.05, 3.63) is 53.8 Å². The van der Waals surface area contributed by atoms with Crippen LogP contribution in [0.1, 0.15) is 25.3 Å². The minimum atomic E-state index is -3.82. The smallest absolute Gasteiger partial charge is 0.286 e. The highest BCUT2D eigenvalue weighted by molar-refractivity contribution is 8.15. The molecule has 0 saturated heterocycles. The minimum Gasteiger partial charge on any atom is -0.325 e. The Kier molecular flexibility index (Phi) is 6.59. The van der Waals surface area contributed by atoms with E-state index in [0.717, 1.165) is 24.6 Å². The van der Waals surface area contributed by atoms with Crippen LogP contribution >= 0.6 is 11.8 Å². The van der Waals surface area contributed by atoms with Crippen LogP contribution < -0.4 is 10.2 Å². The fourth-order valence-electron chi connectivity index (χ4n) is 2.84. The number of nitrogens with zero attached hydrogens (tertiary/aromatic N) is 2. The molecule has 0 aliphatic carbocycles. The van der Waals surface area contributed by atoms with E-state index in [1.807, 2.05) is 11.8 Å². The van der Waals surface area contributed by atoms with E-state index in [4.69, 9.17) is 0 Å². The van der Waals surface area contributed by atoms with Crippen LogP contribution in [-0.2, 0) is 14.8 Å². The van der Waals surface area contributed by atoms with E-state index < -0.39 is 15.8 Å². The summed E-state index contributed by atoms with van der Waals surface area (Å²) in [5, 5.41) is 2.89. The first-order valence-electron chi connectivity index (χ1n) is 9.22. The maximum absolute atomic E-state index is 13.7. The highest BCUT2D eigenvalue weighted by atomic mass is 32.2. The van der Waals surface area contributed by atoms with Crippen LogP contribution in [0.5, 0.6) is 0 Å². The van der Waals surface area contributed by atoms with Crippen molar-refractivity contribution in [3.63, 3.8) is 0 Å². The molecule has 2 aromatic carbocycles. The third-order valence-corrected chi connectivity index (χ3v) is 6.79. The number of para-hydroxylation sites is 1. The molecule has 9 heteroatoms. The molecule has 0 bridgehead atoms. The van der Waals surface area contributed by atoms with Crippen LogP contribution in [0, 0.1) is 12.7 Å². The zero-order valence-electron chi connectivity index (χ0n) is 16.2. The van der Waals surface area contributed by atoms with Crippen molar-refractivity contribution < 1.29 is 17.6 Å². The molecular weight excluding hydrogens is 413 g/mol. The summed E-state index contributed by atoms with van der Waals surface area (Å²) < 4.78 is 42.7. The first-order chi connectivity index (χ1) is 13.8. The van der Waals surface area contributed by atoms with Crippen molar-refractivity contribution in [1.82, 2.24) is 0 Å². The average Bonchev–Trinajstić information content (AvgIpc) is 2.68. The van der Waals surface area contributed by atoms with Gasteiger partial charge in [0, 0.05) is 12.2 Å². The number of carbonyl (C=O) groups excluding carboxylic acids is 1. The van der Waals surface area contributed by atoms with E-state index in [1.165, 1.54) is 12.1 Å². The number of hydrogen-bond acceptors (Lipinski definition) is 5. The number of amidine groups is 1. The molecular formula is C20H22FN3O3S2. The van der Waals surface area contributed by atoms with Gasteiger partial charge in [-0.2, -0.15) is 8.42 Å². The topological polar surface area (TPSA) is 78.8 Å². The zero-order chi connectivity index (χ0) is 21.0. The molecule has 0 aromatic heterocycles. The van der Waals surface area contributed by atoms with E-state index in [0.29, 0.717) is 23.5 Å². The molecule has 6 nitrogen and oxygen atoms in total. The largest absolute Gasteiger partial charge is 0.325 e. The third kappa shape index (κ3) is 4.97. The van der Waals surface area contributed by atoms with Crippen LogP contribution in [-0.4, -0.2) is 31.8 Å². The van der Waals surface area contributed by atoms with Gasteiger partial charge in [-0.1, -0.05) is 43.3 Å². The number of halogens is 1. The molecule has 2 aromatic rings. The van der Waals surface area contributed by atoms with Gasteiger partial charge in [0.2, 0.25) is 5.91 Å². The summed E-state index contributed by atoms with van der Waals surface area (Å²) in [6.07, 6.45) is 1.78. The lowest BCUT2D eigenvalue weighted by atomic mass is 10.2. The first kappa shape index (κ1) is 21.3. The predicted molar refractivity (Wildman–Crippen MR) is 116 cm³/mol. The van der Waals surface area contributed by atoms with Crippen molar-refractivity contribution in [2.75, 3.05) is 22.5 Å². The molecule has 1 heterocycles. The molecule has 0 radical (unpaired) electrons. The number of anilines is 2. The lowest BCUT2D eigenvalue weighted by molar-refractivity contribution is -0.113. The number of benzene rings is 2. The van der Waals surface area contributed by atoms with E-state index in [-0.39, 0.29) is 21.7 Å². The Balaban J connectivity index is 1.76. The van der Waals surface area contributed by atoms with Gasteiger partial charge in [-0.15, -0.1) is 4.40 Å². The van der Waals surface area contributed by atoms with Crippen LogP contribution in [0.4, 0.5) is 15.8 Å². The molecule has 0 saturated carbocycles. The highest BCUT2D eigenvalue weighted by Gasteiger charge is 2.30. The molecule has 1 aliphatic heterocycles. The Morgan fingerprint density at radius 2 is 2.00 bits per heavy atom. The SMILES string of the molecule is CCCCN1C(SCC(=O)Nc2ccc(C)c(F)c2)=NS(=O)(=O)c2ccccc21. The van der Waals surface area contributed by atoms with Gasteiger partial charge < -0.3 is 10.2 Å². The number of thioether (sulfide) groups is 1. The zero-order valence-corrected chi connectivity index (χ0v) is 17.8. The molecule has 1 amide bonds.